The first-order valence-corrected chi connectivity index (χ1v) is 9.63. The van der Waals surface area contributed by atoms with Crippen LogP contribution in [0.2, 0.25) is 0 Å². The summed E-state index contributed by atoms with van der Waals surface area (Å²) >= 11 is 3.42. The van der Waals surface area contributed by atoms with Gasteiger partial charge in [-0.15, -0.1) is 0 Å². The first kappa shape index (κ1) is 18.5. The van der Waals surface area contributed by atoms with Gasteiger partial charge in [-0.3, -0.25) is 9.30 Å². The summed E-state index contributed by atoms with van der Waals surface area (Å²) in [6.45, 7) is 3.93. The molecule has 0 saturated heterocycles. The minimum Gasteiger partial charge on any atom is -0.298 e. The second-order valence-corrected chi connectivity index (χ2v) is 7.25. The molecule has 0 unspecified atom stereocenters. The van der Waals surface area contributed by atoms with Crippen molar-refractivity contribution in [2.75, 3.05) is 11.9 Å². The third-order valence-electron chi connectivity index (χ3n) is 4.58. The van der Waals surface area contributed by atoms with Crippen molar-refractivity contribution in [2.45, 2.75) is 20.3 Å². The summed E-state index contributed by atoms with van der Waals surface area (Å²) in [5.41, 5.74) is 4.12. The van der Waals surface area contributed by atoms with E-state index in [0.29, 0.717) is 10.6 Å². The molecule has 3 heterocycles. The van der Waals surface area contributed by atoms with Gasteiger partial charge in [0.1, 0.15) is 16.2 Å². The number of fused-ring (bicyclic) bond motifs is 1. The largest absolute Gasteiger partial charge is 0.298 e. The number of rotatable bonds is 4. The number of anilines is 2. The second kappa shape index (κ2) is 7.27. The molecule has 1 aromatic carbocycles. The van der Waals surface area contributed by atoms with Crippen LogP contribution in [0.1, 0.15) is 18.2 Å². The van der Waals surface area contributed by atoms with E-state index in [1.807, 2.05) is 35.5 Å². The van der Waals surface area contributed by atoms with E-state index < -0.39 is 0 Å². The summed E-state index contributed by atoms with van der Waals surface area (Å²) in [7, 11) is 1.91. The third-order valence-corrected chi connectivity index (χ3v) is 4.99. The van der Waals surface area contributed by atoms with Crippen LogP contribution in [0.3, 0.4) is 0 Å². The fourth-order valence-corrected chi connectivity index (χ4v) is 3.54. The van der Waals surface area contributed by atoms with E-state index in [-0.39, 0.29) is 5.82 Å². The molecule has 0 aliphatic heterocycles. The Kier molecular flexibility index (Phi) is 4.80. The molecule has 0 aliphatic carbocycles. The zero-order chi connectivity index (χ0) is 19.8. The molecular formula is C20H18BrFN6. The molecule has 0 N–H and O–H groups in total. The van der Waals surface area contributed by atoms with Crippen molar-refractivity contribution in [3.05, 3.63) is 64.5 Å². The van der Waals surface area contributed by atoms with Crippen LogP contribution in [0, 0.1) is 12.7 Å². The predicted octanol–water partition coefficient (Wildman–Crippen LogP) is 4.73. The van der Waals surface area contributed by atoms with E-state index >= 15 is 0 Å². The molecule has 6 nitrogen and oxygen atoms in total. The number of benzene rings is 1. The summed E-state index contributed by atoms with van der Waals surface area (Å²) in [5, 5.41) is 0. The van der Waals surface area contributed by atoms with Gasteiger partial charge in [-0.1, -0.05) is 6.92 Å². The fraction of sp³-hybridized carbons (Fsp3) is 0.200. The number of hydrogen-bond acceptors (Lipinski definition) is 5. The summed E-state index contributed by atoms with van der Waals surface area (Å²) < 4.78 is 16.1. The van der Waals surface area contributed by atoms with E-state index in [2.05, 4.69) is 37.8 Å². The van der Waals surface area contributed by atoms with Crippen LogP contribution in [0.15, 0.2) is 47.5 Å². The molecule has 0 bridgehead atoms. The fourth-order valence-electron chi connectivity index (χ4n) is 3.23. The SMILES string of the molecule is CCc1nc2cnc(Br)cn2c1N(C)c1nccc(-c2ccc(F)cc2C)n1. The number of aromatic nitrogens is 5. The molecular weight excluding hydrogens is 423 g/mol. The molecule has 3 aromatic heterocycles. The van der Waals surface area contributed by atoms with Crippen LogP contribution in [0.5, 0.6) is 0 Å². The van der Waals surface area contributed by atoms with Crippen molar-refractivity contribution in [1.29, 1.82) is 0 Å². The minimum atomic E-state index is -0.259. The zero-order valence-corrected chi connectivity index (χ0v) is 17.3. The van der Waals surface area contributed by atoms with Crippen LogP contribution >= 0.6 is 15.9 Å². The normalized spacial score (nSPS) is 11.2. The number of aryl methyl sites for hydroxylation is 2. The van der Waals surface area contributed by atoms with E-state index in [1.54, 1.807) is 18.5 Å². The predicted molar refractivity (Wildman–Crippen MR) is 110 cm³/mol. The van der Waals surface area contributed by atoms with Crippen molar-refractivity contribution in [2.24, 2.45) is 0 Å². The van der Waals surface area contributed by atoms with E-state index in [4.69, 9.17) is 4.98 Å². The molecule has 0 radical (unpaired) electrons. The Morgan fingerprint density at radius 3 is 2.75 bits per heavy atom. The number of hydrogen-bond donors (Lipinski definition) is 0. The van der Waals surface area contributed by atoms with Gasteiger partial charge in [0.25, 0.3) is 0 Å². The lowest BCUT2D eigenvalue weighted by Gasteiger charge is -2.19. The average molecular weight is 441 g/mol. The average Bonchev–Trinajstić information content (AvgIpc) is 3.05. The smallest absolute Gasteiger partial charge is 0.231 e. The first-order chi connectivity index (χ1) is 13.5. The highest BCUT2D eigenvalue weighted by Gasteiger charge is 2.19. The Labute approximate surface area is 170 Å². The molecule has 0 saturated carbocycles. The van der Waals surface area contributed by atoms with Gasteiger partial charge in [-0.2, -0.15) is 0 Å². The molecule has 0 spiro atoms. The quantitative estimate of drug-likeness (QED) is 0.459. The van der Waals surface area contributed by atoms with Gasteiger partial charge < -0.3 is 0 Å². The Balaban J connectivity index is 1.82. The summed E-state index contributed by atoms with van der Waals surface area (Å²) in [5.74, 6) is 1.16. The standard InChI is InChI=1S/C20H18BrFN6/c1-4-15-19(28-11-17(21)24-10-18(28)25-15)27(3)20-23-8-7-16(26-20)14-6-5-13(22)9-12(14)2/h5-11H,4H2,1-3H3. The molecule has 28 heavy (non-hydrogen) atoms. The van der Waals surface area contributed by atoms with Crippen LogP contribution < -0.4 is 4.90 Å². The van der Waals surface area contributed by atoms with Crippen molar-refractivity contribution in [3.8, 4) is 11.3 Å². The topological polar surface area (TPSA) is 59.2 Å². The first-order valence-electron chi connectivity index (χ1n) is 8.83. The molecule has 4 aromatic rings. The lowest BCUT2D eigenvalue weighted by molar-refractivity contribution is 0.627. The van der Waals surface area contributed by atoms with E-state index in [1.165, 1.54) is 12.1 Å². The zero-order valence-electron chi connectivity index (χ0n) is 15.7. The highest BCUT2D eigenvalue weighted by atomic mass is 79.9. The van der Waals surface area contributed by atoms with Gasteiger partial charge in [-0.05, 0) is 59.1 Å². The molecule has 4 rings (SSSR count). The molecule has 0 aliphatic rings. The number of halogens is 2. The van der Waals surface area contributed by atoms with Gasteiger partial charge in [0.05, 0.1) is 17.6 Å². The highest BCUT2D eigenvalue weighted by molar-refractivity contribution is 9.10. The van der Waals surface area contributed by atoms with Crippen molar-refractivity contribution < 1.29 is 4.39 Å². The van der Waals surface area contributed by atoms with Gasteiger partial charge in [-0.25, -0.2) is 24.3 Å². The Morgan fingerprint density at radius 1 is 1.18 bits per heavy atom. The molecule has 0 amide bonds. The Hall–Kier alpha value is -2.87. The van der Waals surface area contributed by atoms with E-state index in [0.717, 1.165) is 40.4 Å². The second-order valence-electron chi connectivity index (χ2n) is 6.43. The van der Waals surface area contributed by atoms with Crippen LogP contribution in [0.25, 0.3) is 16.9 Å². The lowest BCUT2D eigenvalue weighted by atomic mass is 10.1. The molecule has 0 atom stereocenters. The maximum Gasteiger partial charge on any atom is 0.231 e. The molecule has 142 valence electrons. The van der Waals surface area contributed by atoms with Gasteiger partial charge in [0.2, 0.25) is 5.95 Å². The Morgan fingerprint density at radius 2 is 2.00 bits per heavy atom. The minimum absolute atomic E-state index is 0.259. The van der Waals surface area contributed by atoms with E-state index in [9.17, 15) is 4.39 Å². The van der Waals surface area contributed by atoms with Crippen molar-refractivity contribution in [3.63, 3.8) is 0 Å². The molecule has 0 fully saturated rings. The molecule has 8 heteroatoms. The van der Waals surface area contributed by atoms with Crippen LogP contribution in [-0.4, -0.2) is 31.4 Å². The monoisotopic (exact) mass is 440 g/mol. The third kappa shape index (κ3) is 3.24. The van der Waals surface area contributed by atoms with Crippen LogP contribution in [-0.2, 0) is 6.42 Å². The summed E-state index contributed by atoms with van der Waals surface area (Å²) in [6.07, 6.45) is 6.07. The Bertz CT molecular complexity index is 1170. The van der Waals surface area contributed by atoms with Crippen molar-refractivity contribution >= 4 is 33.3 Å². The maximum absolute atomic E-state index is 13.5. The summed E-state index contributed by atoms with van der Waals surface area (Å²) in [4.78, 5) is 20.0. The summed E-state index contributed by atoms with van der Waals surface area (Å²) in [6, 6.07) is 6.52. The van der Waals surface area contributed by atoms with Crippen LogP contribution in [0.4, 0.5) is 16.2 Å². The van der Waals surface area contributed by atoms with Gasteiger partial charge in [0.15, 0.2) is 5.65 Å². The lowest BCUT2D eigenvalue weighted by Crippen LogP contribution is -2.17. The maximum atomic E-state index is 13.5. The van der Waals surface area contributed by atoms with Gasteiger partial charge >= 0.3 is 0 Å². The number of nitrogens with zero attached hydrogens (tertiary/aromatic N) is 6. The highest BCUT2D eigenvalue weighted by Crippen LogP contribution is 2.29. The van der Waals surface area contributed by atoms with Gasteiger partial charge in [0, 0.05) is 25.0 Å². The van der Waals surface area contributed by atoms with Crippen molar-refractivity contribution in [1.82, 2.24) is 24.3 Å². The number of imidazole rings is 1.